The molecule has 5 heteroatoms. The Bertz CT molecular complexity index is 142. The molecule has 84 valence electrons. The van der Waals surface area contributed by atoms with E-state index in [1.165, 1.54) is 0 Å². The third-order valence-electron chi connectivity index (χ3n) is 1.52. The standard InChI is InChI=1S/C9H20N2O3/c1-2-3-11-9(13)8-10-4-6-14-7-5-12/h10,12H,2-8H2,1H3,(H,11,13). The minimum Gasteiger partial charge on any atom is -0.394 e. The van der Waals surface area contributed by atoms with Gasteiger partial charge in [-0.15, -0.1) is 0 Å². The van der Waals surface area contributed by atoms with E-state index in [0.717, 1.165) is 13.0 Å². The molecule has 0 aliphatic carbocycles. The van der Waals surface area contributed by atoms with Gasteiger partial charge in [-0.1, -0.05) is 6.92 Å². The van der Waals surface area contributed by atoms with E-state index in [2.05, 4.69) is 10.6 Å². The van der Waals surface area contributed by atoms with Crippen molar-refractivity contribution in [2.24, 2.45) is 0 Å². The molecule has 0 rings (SSSR count). The lowest BCUT2D eigenvalue weighted by Gasteiger charge is -2.05. The van der Waals surface area contributed by atoms with E-state index in [4.69, 9.17) is 9.84 Å². The van der Waals surface area contributed by atoms with Crippen LogP contribution in [0.4, 0.5) is 0 Å². The van der Waals surface area contributed by atoms with Gasteiger partial charge in [-0.3, -0.25) is 4.79 Å². The smallest absolute Gasteiger partial charge is 0.233 e. The van der Waals surface area contributed by atoms with Crippen LogP contribution in [-0.2, 0) is 9.53 Å². The third-order valence-corrected chi connectivity index (χ3v) is 1.52. The molecule has 0 saturated heterocycles. The van der Waals surface area contributed by atoms with Crippen molar-refractivity contribution in [1.29, 1.82) is 0 Å². The van der Waals surface area contributed by atoms with Gasteiger partial charge in [0.15, 0.2) is 0 Å². The predicted molar refractivity (Wildman–Crippen MR) is 54.1 cm³/mol. The van der Waals surface area contributed by atoms with Gasteiger partial charge < -0.3 is 20.5 Å². The van der Waals surface area contributed by atoms with E-state index in [0.29, 0.717) is 26.3 Å². The van der Waals surface area contributed by atoms with Crippen molar-refractivity contribution < 1.29 is 14.6 Å². The van der Waals surface area contributed by atoms with Crippen LogP contribution in [0.25, 0.3) is 0 Å². The van der Waals surface area contributed by atoms with Gasteiger partial charge in [-0.2, -0.15) is 0 Å². The summed E-state index contributed by atoms with van der Waals surface area (Å²) in [5.74, 6) is 0.00834. The summed E-state index contributed by atoms with van der Waals surface area (Å²) in [5, 5.41) is 14.1. The zero-order valence-electron chi connectivity index (χ0n) is 8.71. The van der Waals surface area contributed by atoms with Crippen molar-refractivity contribution in [3.05, 3.63) is 0 Å². The molecule has 0 saturated carbocycles. The molecule has 0 aromatic rings. The van der Waals surface area contributed by atoms with Gasteiger partial charge in [0.05, 0.1) is 26.4 Å². The first kappa shape index (κ1) is 13.4. The zero-order chi connectivity index (χ0) is 10.6. The molecule has 14 heavy (non-hydrogen) atoms. The van der Waals surface area contributed by atoms with E-state index >= 15 is 0 Å². The van der Waals surface area contributed by atoms with Crippen molar-refractivity contribution in [1.82, 2.24) is 10.6 Å². The lowest BCUT2D eigenvalue weighted by Crippen LogP contribution is -2.35. The van der Waals surface area contributed by atoms with Gasteiger partial charge in [0, 0.05) is 13.1 Å². The Hall–Kier alpha value is -0.650. The van der Waals surface area contributed by atoms with Crippen molar-refractivity contribution in [3.63, 3.8) is 0 Å². The molecule has 0 aromatic carbocycles. The van der Waals surface area contributed by atoms with Gasteiger partial charge in [0.25, 0.3) is 0 Å². The van der Waals surface area contributed by atoms with Crippen molar-refractivity contribution in [2.45, 2.75) is 13.3 Å². The van der Waals surface area contributed by atoms with E-state index in [-0.39, 0.29) is 12.5 Å². The van der Waals surface area contributed by atoms with Crippen molar-refractivity contribution in [2.75, 3.05) is 39.5 Å². The Morgan fingerprint density at radius 1 is 1.36 bits per heavy atom. The second kappa shape index (κ2) is 10.4. The summed E-state index contributed by atoms with van der Waals surface area (Å²) in [6.07, 6.45) is 0.950. The zero-order valence-corrected chi connectivity index (χ0v) is 8.71. The predicted octanol–water partition coefficient (Wildman–Crippen LogP) is -0.889. The molecular weight excluding hydrogens is 184 g/mol. The fourth-order valence-electron chi connectivity index (χ4n) is 0.840. The van der Waals surface area contributed by atoms with E-state index in [1.54, 1.807) is 0 Å². The Kier molecular flexibility index (Phi) is 9.95. The van der Waals surface area contributed by atoms with Gasteiger partial charge in [0.1, 0.15) is 0 Å². The lowest BCUT2D eigenvalue weighted by atomic mass is 10.4. The van der Waals surface area contributed by atoms with Crippen LogP contribution in [0.2, 0.25) is 0 Å². The van der Waals surface area contributed by atoms with Crippen LogP contribution in [0.1, 0.15) is 13.3 Å². The Morgan fingerprint density at radius 3 is 2.79 bits per heavy atom. The number of hydrogen-bond acceptors (Lipinski definition) is 4. The minimum absolute atomic E-state index is 0.00834. The molecule has 1 amide bonds. The third kappa shape index (κ3) is 9.44. The fourth-order valence-corrected chi connectivity index (χ4v) is 0.840. The van der Waals surface area contributed by atoms with Crippen LogP contribution in [0.15, 0.2) is 0 Å². The highest BCUT2D eigenvalue weighted by molar-refractivity contribution is 5.77. The van der Waals surface area contributed by atoms with E-state index in [1.807, 2.05) is 6.92 Å². The number of carbonyl (C=O) groups excluding carboxylic acids is 1. The summed E-state index contributed by atoms with van der Waals surface area (Å²) < 4.78 is 5.00. The Morgan fingerprint density at radius 2 is 2.14 bits per heavy atom. The molecule has 0 atom stereocenters. The maximum atomic E-state index is 11.0. The summed E-state index contributed by atoms with van der Waals surface area (Å²) in [4.78, 5) is 11.0. The molecule has 3 N–H and O–H groups in total. The molecule has 0 unspecified atom stereocenters. The normalized spacial score (nSPS) is 10.1. The summed E-state index contributed by atoms with van der Waals surface area (Å²) in [5.41, 5.74) is 0. The summed E-state index contributed by atoms with van der Waals surface area (Å²) >= 11 is 0. The number of ether oxygens (including phenoxy) is 1. The Balaban J connectivity index is 3.07. The monoisotopic (exact) mass is 204 g/mol. The van der Waals surface area contributed by atoms with Crippen LogP contribution in [0.5, 0.6) is 0 Å². The van der Waals surface area contributed by atoms with E-state index < -0.39 is 0 Å². The number of rotatable bonds is 9. The first-order valence-corrected chi connectivity index (χ1v) is 4.97. The van der Waals surface area contributed by atoms with Crippen LogP contribution >= 0.6 is 0 Å². The summed E-state index contributed by atoms with van der Waals surface area (Å²) in [6.45, 7) is 4.59. The number of aliphatic hydroxyl groups excluding tert-OH is 1. The molecule has 0 radical (unpaired) electrons. The van der Waals surface area contributed by atoms with Crippen molar-refractivity contribution >= 4 is 5.91 Å². The van der Waals surface area contributed by atoms with Crippen LogP contribution in [-0.4, -0.2) is 50.5 Å². The maximum Gasteiger partial charge on any atom is 0.233 e. The largest absolute Gasteiger partial charge is 0.394 e. The molecule has 0 spiro atoms. The highest BCUT2D eigenvalue weighted by Gasteiger charge is 1.97. The molecule has 0 bridgehead atoms. The number of hydrogen-bond donors (Lipinski definition) is 3. The summed E-state index contributed by atoms with van der Waals surface area (Å²) in [6, 6.07) is 0. The minimum atomic E-state index is 0.00834. The quantitative estimate of drug-likeness (QED) is 0.426. The molecule has 0 heterocycles. The van der Waals surface area contributed by atoms with Crippen LogP contribution < -0.4 is 10.6 Å². The number of carbonyl (C=O) groups is 1. The molecular formula is C9H20N2O3. The number of aliphatic hydroxyl groups is 1. The molecule has 0 fully saturated rings. The first-order chi connectivity index (χ1) is 6.81. The van der Waals surface area contributed by atoms with E-state index in [9.17, 15) is 4.79 Å². The second-order valence-electron chi connectivity index (χ2n) is 2.86. The van der Waals surface area contributed by atoms with Crippen molar-refractivity contribution in [3.8, 4) is 0 Å². The number of amides is 1. The lowest BCUT2D eigenvalue weighted by molar-refractivity contribution is -0.120. The maximum absolute atomic E-state index is 11.0. The number of nitrogens with one attached hydrogen (secondary N) is 2. The van der Waals surface area contributed by atoms with Gasteiger partial charge in [0.2, 0.25) is 5.91 Å². The molecule has 0 aromatic heterocycles. The highest BCUT2D eigenvalue weighted by Crippen LogP contribution is 1.73. The van der Waals surface area contributed by atoms with Crippen LogP contribution in [0, 0.1) is 0 Å². The van der Waals surface area contributed by atoms with Gasteiger partial charge in [-0.25, -0.2) is 0 Å². The molecule has 0 aliphatic rings. The fraction of sp³-hybridized carbons (Fsp3) is 0.889. The van der Waals surface area contributed by atoms with Gasteiger partial charge >= 0.3 is 0 Å². The topological polar surface area (TPSA) is 70.6 Å². The van der Waals surface area contributed by atoms with Crippen LogP contribution in [0.3, 0.4) is 0 Å². The summed E-state index contributed by atoms with van der Waals surface area (Å²) in [7, 11) is 0. The first-order valence-electron chi connectivity index (χ1n) is 4.97. The van der Waals surface area contributed by atoms with Gasteiger partial charge in [-0.05, 0) is 6.42 Å². The average Bonchev–Trinajstić information content (AvgIpc) is 2.20. The average molecular weight is 204 g/mol. The molecule has 5 nitrogen and oxygen atoms in total. The molecule has 0 aliphatic heterocycles. The highest BCUT2D eigenvalue weighted by atomic mass is 16.5. The SMILES string of the molecule is CCCNC(=O)CNCCOCCO. The Labute approximate surface area is 84.8 Å². The second-order valence-corrected chi connectivity index (χ2v) is 2.86.